The molecule has 0 radical (unpaired) electrons. The number of hydrogen-bond acceptors (Lipinski definition) is 3. The summed E-state index contributed by atoms with van der Waals surface area (Å²) in [6.45, 7) is 2.07. The molecule has 0 aliphatic rings. The lowest BCUT2D eigenvalue weighted by Gasteiger charge is -2.06. The molecule has 0 saturated heterocycles. The highest BCUT2D eigenvalue weighted by molar-refractivity contribution is 6.35. The molecule has 1 heterocycles. The molecule has 0 aliphatic heterocycles. The standard InChI is InChI=1S/C13H13Cl2N3/c1-2-3-13-17-11(7-12(16)18-13)8-4-9(14)6-10(15)5-8/h4-7H,2-3H2,1H3,(H2,16,17,18). The molecule has 2 rings (SSSR count). The van der Waals surface area contributed by atoms with Crippen LogP contribution in [0.5, 0.6) is 0 Å². The van der Waals surface area contributed by atoms with E-state index in [9.17, 15) is 0 Å². The van der Waals surface area contributed by atoms with E-state index in [0.29, 0.717) is 15.9 Å². The summed E-state index contributed by atoms with van der Waals surface area (Å²) in [6.07, 6.45) is 1.77. The molecule has 0 atom stereocenters. The van der Waals surface area contributed by atoms with Crippen LogP contribution in [-0.2, 0) is 6.42 Å². The van der Waals surface area contributed by atoms with Crippen molar-refractivity contribution in [2.45, 2.75) is 19.8 Å². The number of rotatable bonds is 3. The minimum Gasteiger partial charge on any atom is -0.384 e. The Balaban J connectivity index is 2.49. The molecule has 0 bridgehead atoms. The molecule has 0 fully saturated rings. The summed E-state index contributed by atoms with van der Waals surface area (Å²) in [5.74, 6) is 1.20. The SMILES string of the molecule is CCCc1nc(N)cc(-c2cc(Cl)cc(Cl)c2)n1. The highest BCUT2D eigenvalue weighted by Gasteiger charge is 2.06. The van der Waals surface area contributed by atoms with Crippen LogP contribution in [-0.4, -0.2) is 9.97 Å². The number of aryl methyl sites for hydroxylation is 1. The molecule has 94 valence electrons. The summed E-state index contributed by atoms with van der Waals surface area (Å²) in [5, 5.41) is 1.15. The quantitative estimate of drug-likeness (QED) is 0.926. The molecular weight excluding hydrogens is 269 g/mol. The predicted octanol–water partition coefficient (Wildman–Crippen LogP) is 3.99. The Hall–Kier alpha value is -1.32. The number of aromatic nitrogens is 2. The van der Waals surface area contributed by atoms with Gasteiger partial charge in [0, 0.05) is 28.1 Å². The first-order valence-corrected chi connectivity index (χ1v) is 6.44. The van der Waals surface area contributed by atoms with Crippen molar-refractivity contribution in [2.24, 2.45) is 0 Å². The topological polar surface area (TPSA) is 51.8 Å². The Kier molecular flexibility index (Phi) is 4.04. The maximum Gasteiger partial charge on any atom is 0.131 e. The van der Waals surface area contributed by atoms with Gasteiger partial charge in [0.15, 0.2) is 0 Å². The van der Waals surface area contributed by atoms with E-state index in [1.54, 1.807) is 12.1 Å². The van der Waals surface area contributed by atoms with E-state index in [1.807, 2.05) is 12.1 Å². The molecule has 1 aromatic carbocycles. The Morgan fingerprint density at radius 1 is 1.06 bits per heavy atom. The largest absolute Gasteiger partial charge is 0.384 e. The third kappa shape index (κ3) is 3.12. The Bertz CT molecular complexity index is 550. The van der Waals surface area contributed by atoms with Crippen molar-refractivity contribution >= 4 is 29.0 Å². The maximum absolute atomic E-state index is 5.98. The number of hydrogen-bond donors (Lipinski definition) is 1. The average molecular weight is 282 g/mol. The number of nitrogen functional groups attached to an aromatic ring is 1. The summed E-state index contributed by atoms with van der Waals surface area (Å²) >= 11 is 12.0. The normalized spacial score (nSPS) is 10.6. The summed E-state index contributed by atoms with van der Waals surface area (Å²) in [4.78, 5) is 8.66. The van der Waals surface area contributed by atoms with Gasteiger partial charge in [0.2, 0.25) is 0 Å². The molecule has 5 heteroatoms. The van der Waals surface area contributed by atoms with E-state index in [-0.39, 0.29) is 0 Å². The van der Waals surface area contributed by atoms with Crippen molar-refractivity contribution in [1.29, 1.82) is 0 Å². The average Bonchev–Trinajstić information content (AvgIpc) is 2.27. The van der Waals surface area contributed by atoms with Crippen LogP contribution in [0.3, 0.4) is 0 Å². The van der Waals surface area contributed by atoms with Crippen LogP contribution in [0, 0.1) is 0 Å². The van der Waals surface area contributed by atoms with Crippen LogP contribution in [0.15, 0.2) is 24.3 Å². The van der Waals surface area contributed by atoms with E-state index < -0.39 is 0 Å². The fourth-order valence-corrected chi connectivity index (χ4v) is 2.23. The molecule has 0 unspecified atom stereocenters. The third-order valence-corrected chi connectivity index (χ3v) is 2.86. The second-order valence-electron chi connectivity index (χ2n) is 4.00. The summed E-state index contributed by atoms with van der Waals surface area (Å²) < 4.78 is 0. The van der Waals surface area contributed by atoms with E-state index >= 15 is 0 Å². The van der Waals surface area contributed by atoms with Crippen LogP contribution in [0.2, 0.25) is 10.0 Å². The van der Waals surface area contributed by atoms with Gasteiger partial charge in [-0.1, -0.05) is 30.1 Å². The molecule has 1 aromatic heterocycles. The first-order valence-electron chi connectivity index (χ1n) is 5.68. The van der Waals surface area contributed by atoms with Crippen LogP contribution in [0.1, 0.15) is 19.2 Å². The Morgan fingerprint density at radius 2 is 1.72 bits per heavy atom. The predicted molar refractivity (Wildman–Crippen MR) is 75.9 cm³/mol. The fourth-order valence-electron chi connectivity index (χ4n) is 1.70. The lowest BCUT2D eigenvalue weighted by atomic mass is 10.1. The van der Waals surface area contributed by atoms with Gasteiger partial charge in [-0.15, -0.1) is 0 Å². The minimum absolute atomic E-state index is 0.458. The fraction of sp³-hybridized carbons (Fsp3) is 0.231. The van der Waals surface area contributed by atoms with E-state index in [4.69, 9.17) is 28.9 Å². The van der Waals surface area contributed by atoms with Gasteiger partial charge in [0.1, 0.15) is 11.6 Å². The Morgan fingerprint density at radius 3 is 2.33 bits per heavy atom. The van der Waals surface area contributed by atoms with Crippen LogP contribution >= 0.6 is 23.2 Å². The van der Waals surface area contributed by atoms with Gasteiger partial charge in [-0.2, -0.15) is 0 Å². The van der Waals surface area contributed by atoms with Crippen LogP contribution in [0.25, 0.3) is 11.3 Å². The van der Waals surface area contributed by atoms with Gasteiger partial charge in [0.05, 0.1) is 5.69 Å². The van der Waals surface area contributed by atoms with Crippen molar-refractivity contribution in [1.82, 2.24) is 9.97 Å². The molecule has 0 aliphatic carbocycles. The van der Waals surface area contributed by atoms with Gasteiger partial charge >= 0.3 is 0 Å². The zero-order chi connectivity index (χ0) is 13.1. The summed E-state index contributed by atoms with van der Waals surface area (Å²) in [5.41, 5.74) is 7.38. The summed E-state index contributed by atoms with van der Waals surface area (Å²) in [6, 6.07) is 7.03. The molecule has 2 N–H and O–H groups in total. The van der Waals surface area contributed by atoms with Crippen LogP contribution < -0.4 is 5.73 Å². The zero-order valence-corrected chi connectivity index (χ0v) is 11.5. The third-order valence-electron chi connectivity index (χ3n) is 2.42. The lowest BCUT2D eigenvalue weighted by Crippen LogP contribution is -2.01. The molecule has 0 saturated carbocycles. The van der Waals surface area contributed by atoms with Gasteiger partial charge in [0.25, 0.3) is 0 Å². The molecule has 18 heavy (non-hydrogen) atoms. The number of benzene rings is 1. The molecule has 2 aromatic rings. The molecule has 3 nitrogen and oxygen atoms in total. The molecule has 0 amide bonds. The zero-order valence-electron chi connectivity index (χ0n) is 9.95. The van der Waals surface area contributed by atoms with E-state index in [0.717, 1.165) is 29.9 Å². The van der Waals surface area contributed by atoms with Gasteiger partial charge in [-0.25, -0.2) is 9.97 Å². The number of nitrogens with two attached hydrogens (primary N) is 1. The summed E-state index contributed by atoms with van der Waals surface area (Å²) in [7, 11) is 0. The van der Waals surface area contributed by atoms with Crippen molar-refractivity contribution < 1.29 is 0 Å². The highest BCUT2D eigenvalue weighted by Crippen LogP contribution is 2.26. The second-order valence-corrected chi connectivity index (χ2v) is 4.88. The van der Waals surface area contributed by atoms with Crippen LogP contribution in [0.4, 0.5) is 5.82 Å². The van der Waals surface area contributed by atoms with Crippen molar-refractivity contribution in [3.63, 3.8) is 0 Å². The maximum atomic E-state index is 5.98. The van der Waals surface area contributed by atoms with Crippen molar-refractivity contribution in [2.75, 3.05) is 5.73 Å². The van der Waals surface area contributed by atoms with E-state index in [2.05, 4.69) is 16.9 Å². The highest BCUT2D eigenvalue weighted by atomic mass is 35.5. The molecule has 0 spiro atoms. The number of nitrogens with zero attached hydrogens (tertiary/aromatic N) is 2. The lowest BCUT2D eigenvalue weighted by molar-refractivity contribution is 0.839. The van der Waals surface area contributed by atoms with Gasteiger partial charge in [-0.3, -0.25) is 0 Å². The van der Waals surface area contributed by atoms with Gasteiger partial charge in [-0.05, 0) is 24.6 Å². The van der Waals surface area contributed by atoms with E-state index in [1.165, 1.54) is 0 Å². The first kappa shape index (κ1) is 13.1. The monoisotopic (exact) mass is 281 g/mol. The second kappa shape index (κ2) is 5.55. The minimum atomic E-state index is 0.458. The number of anilines is 1. The molecular formula is C13H13Cl2N3. The smallest absolute Gasteiger partial charge is 0.131 e. The van der Waals surface area contributed by atoms with Crippen molar-refractivity contribution in [3.8, 4) is 11.3 Å². The van der Waals surface area contributed by atoms with Crippen molar-refractivity contribution in [3.05, 3.63) is 40.1 Å². The first-order chi connectivity index (χ1) is 8.58. The Labute approximate surface area is 116 Å². The number of halogens is 2. The van der Waals surface area contributed by atoms with Gasteiger partial charge < -0.3 is 5.73 Å².